The fraction of sp³-hybridized carbons (Fsp3) is 0.750. The van der Waals surface area contributed by atoms with Crippen LogP contribution in [0.3, 0.4) is 0 Å². The fourth-order valence-electron chi connectivity index (χ4n) is 0.797. The summed E-state index contributed by atoms with van der Waals surface area (Å²) in [7, 11) is 0. The van der Waals surface area contributed by atoms with E-state index >= 15 is 0 Å². The minimum Gasteiger partial charge on any atom is -0.393 e. The van der Waals surface area contributed by atoms with Crippen molar-refractivity contribution in [2.45, 2.75) is 38.7 Å². The summed E-state index contributed by atoms with van der Waals surface area (Å²) in [5.41, 5.74) is 0. The first kappa shape index (κ1) is 10.2. The second-order valence-corrected chi connectivity index (χ2v) is 3.64. The standard InChI is InChI=1S/C8H15BrO/c1-3-4-5-8(10)6-7(2)9/h8,10H,2-6H2,1H3/t8-/m0/s1. The van der Waals surface area contributed by atoms with Gasteiger partial charge in [-0.05, 0) is 10.9 Å². The predicted molar refractivity (Wildman–Crippen MR) is 48.2 cm³/mol. The zero-order valence-corrected chi connectivity index (χ0v) is 8.02. The Hall–Kier alpha value is 0.180. The smallest absolute Gasteiger partial charge is 0.0585 e. The highest BCUT2D eigenvalue weighted by atomic mass is 79.9. The molecule has 0 bridgehead atoms. The third-order valence-electron chi connectivity index (χ3n) is 1.35. The Morgan fingerprint density at radius 2 is 2.30 bits per heavy atom. The number of halogens is 1. The van der Waals surface area contributed by atoms with Gasteiger partial charge in [0.15, 0.2) is 0 Å². The lowest BCUT2D eigenvalue weighted by molar-refractivity contribution is 0.164. The SMILES string of the molecule is C=C(Br)C[C@@H](O)CCCC. The van der Waals surface area contributed by atoms with Gasteiger partial charge in [-0.3, -0.25) is 0 Å². The van der Waals surface area contributed by atoms with Crippen LogP contribution in [-0.4, -0.2) is 11.2 Å². The summed E-state index contributed by atoms with van der Waals surface area (Å²) in [6, 6.07) is 0. The Morgan fingerprint density at radius 3 is 2.70 bits per heavy atom. The van der Waals surface area contributed by atoms with Crippen LogP contribution in [0.15, 0.2) is 11.1 Å². The molecular weight excluding hydrogens is 192 g/mol. The molecule has 0 amide bonds. The largest absolute Gasteiger partial charge is 0.393 e. The maximum absolute atomic E-state index is 9.26. The van der Waals surface area contributed by atoms with Crippen molar-refractivity contribution in [3.05, 3.63) is 11.1 Å². The first-order valence-electron chi connectivity index (χ1n) is 3.68. The number of hydrogen-bond donors (Lipinski definition) is 1. The van der Waals surface area contributed by atoms with Crippen molar-refractivity contribution in [3.8, 4) is 0 Å². The summed E-state index contributed by atoms with van der Waals surface area (Å²) in [6.07, 6.45) is 3.61. The minimum atomic E-state index is -0.202. The van der Waals surface area contributed by atoms with Crippen LogP contribution in [0.4, 0.5) is 0 Å². The molecule has 2 heteroatoms. The zero-order chi connectivity index (χ0) is 7.98. The normalized spacial score (nSPS) is 13.1. The summed E-state index contributed by atoms with van der Waals surface area (Å²) in [6.45, 7) is 5.78. The quantitative estimate of drug-likeness (QED) is 0.734. The van der Waals surface area contributed by atoms with Crippen molar-refractivity contribution in [1.82, 2.24) is 0 Å². The van der Waals surface area contributed by atoms with Gasteiger partial charge in [-0.1, -0.05) is 42.3 Å². The molecule has 0 fully saturated rings. The lowest BCUT2D eigenvalue weighted by Crippen LogP contribution is -2.04. The molecule has 0 aromatic rings. The molecule has 1 N–H and O–H groups in total. The van der Waals surface area contributed by atoms with Gasteiger partial charge >= 0.3 is 0 Å². The van der Waals surface area contributed by atoms with Gasteiger partial charge in [-0.25, -0.2) is 0 Å². The summed E-state index contributed by atoms with van der Waals surface area (Å²) in [4.78, 5) is 0. The van der Waals surface area contributed by atoms with Gasteiger partial charge in [-0.15, -0.1) is 0 Å². The molecule has 0 rings (SSSR count). The molecule has 0 saturated heterocycles. The lowest BCUT2D eigenvalue weighted by Gasteiger charge is -2.07. The molecule has 0 aromatic heterocycles. The first-order valence-corrected chi connectivity index (χ1v) is 4.47. The maximum Gasteiger partial charge on any atom is 0.0585 e. The van der Waals surface area contributed by atoms with E-state index in [1.54, 1.807) is 0 Å². The molecule has 60 valence electrons. The second-order valence-electron chi connectivity index (χ2n) is 2.52. The Balaban J connectivity index is 3.25. The van der Waals surface area contributed by atoms with Crippen LogP contribution in [-0.2, 0) is 0 Å². The molecule has 10 heavy (non-hydrogen) atoms. The molecule has 0 spiro atoms. The molecule has 0 saturated carbocycles. The second kappa shape index (κ2) is 5.93. The van der Waals surface area contributed by atoms with Crippen molar-refractivity contribution < 1.29 is 5.11 Å². The highest BCUT2D eigenvalue weighted by Crippen LogP contribution is 2.13. The van der Waals surface area contributed by atoms with Crippen LogP contribution in [0.2, 0.25) is 0 Å². The van der Waals surface area contributed by atoms with Crippen LogP contribution in [0.1, 0.15) is 32.6 Å². The fourth-order valence-corrected chi connectivity index (χ4v) is 1.17. The third-order valence-corrected chi connectivity index (χ3v) is 1.67. The average molecular weight is 207 g/mol. The van der Waals surface area contributed by atoms with E-state index in [2.05, 4.69) is 29.4 Å². The van der Waals surface area contributed by atoms with Gasteiger partial charge in [0.05, 0.1) is 6.10 Å². The third kappa shape index (κ3) is 6.30. The van der Waals surface area contributed by atoms with Crippen molar-refractivity contribution in [2.24, 2.45) is 0 Å². The van der Waals surface area contributed by atoms with Crippen molar-refractivity contribution >= 4 is 15.9 Å². The number of aliphatic hydroxyl groups excluding tert-OH is 1. The summed E-state index contributed by atoms with van der Waals surface area (Å²) in [5, 5.41) is 9.26. The van der Waals surface area contributed by atoms with E-state index in [0.29, 0.717) is 6.42 Å². The molecule has 1 atom stereocenters. The van der Waals surface area contributed by atoms with E-state index in [-0.39, 0.29) is 6.10 Å². The van der Waals surface area contributed by atoms with E-state index < -0.39 is 0 Å². The zero-order valence-electron chi connectivity index (χ0n) is 6.44. The number of rotatable bonds is 5. The number of aliphatic hydroxyl groups is 1. The molecule has 0 aromatic carbocycles. The van der Waals surface area contributed by atoms with E-state index in [9.17, 15) is 5.11 Å². The van der Waals surface area contributed by atoms with Crippen LogP contribution in [0.25, 0.3) is 0 Å². The van der Waals surface area contributed by atoms with Gasteiger partial charge in [0, 0.05) is 6.42 Å². The number of hydrogen-bond acceptors (Lipinski definition) is 1. The van der Waals surface area contributed by atoms with E-state index in [4.69, 9.17) is 0 Å². The van der Waals surface area contributed by atoms with Crippen molar-refractivity contribution in [1.29, 1.82) is 0 Å². The Kier molecular flexibility index (Phi) is 6.03. The van der Waals surface area contributed by atoms with Crippen LogP contribution < -0.4 is 0 Å². The lowest BCUT2D eigenvalue weighted by atomic mass is 10.1. The van der Waals surface area contributed by atoms with Crippen LogP contribution in [0, 0.1) is 0 Å². The molecule has 1 nitrogen and oxygen atoms in total. The molecule has 0 aliphatic rings. The molecular formula is C8H15BrO. The monoisotopic (exact) mass is 206 g/mol. The van der Waals surface area contributed by atoms with Crippen molar-refractivity contribution in [2.75, 3.05) is 0 Å². The van der Waals surface area contributed by atoms with E-state index in [1.165, 1.54) is 0 Å². The summed E-state index contributed by atoms with van der Waals surface area (Å²) >= 11 is 3.21. The minimum absolute atomic E-state index is 0.202. The highest BCUT2D eigenvalue weighted by molar-refractivity contribution is 9.11. The highest BCUT2D eigenvalue weighted by Gasteiger charge is 2.02. The Bertz CT molecular complexity index is 101. The maximum atomic E-state index is 9.26. The molecule has 0 unspecified atom stereocenters. The molecule has 0 radical (unpaired) electrons. The van der Waals surface area contributed by atoms with Gasteiger partial charge in [0.25, 0.3) is 0 Å². The molecule has 0 aliphatic carbocycles. The van der Waals surface area contributed by atoms with Crippen molar-refractivity contribution in [3.63, 3.8) is 0 Å². The Labute approximate surface area is 71.3 Å². The average Bonchev–Trinajstić information content (AvgIpc) is 1.82. The van der Waals surface area contributed by atoms with Crippen LogP contribution in [0.5, 0.6) is 0 Å². The van der Waals surface area contributed by atoms with Crippen LogP contribution >= 0.6 is 15.9 Å². The predicted octanol–water partition coefficient (Wildman–Crippen LogP) is 2.84. The van der Waals surface area contributed by atoms with Gasteiger partial charge < -0.3 is 5.11 Å². The van der Waals surface area contributed by atoms with E-state index in [0.717, 1.165) is 23.7 Å². The van der Waals surface area contributed by atoms with Gasteiger partial charge in [-0.2, -0.15) is 0 Å². The number of unbranched alkanes of at least 4 members (excludes halogenated alkanes) is 1. The van der Waals surface area contributed by atoms with Gasteiger partial charge in [0.2, 0.25) is 0 Å². The summed E-state index contributed by atoms with van der Waals surface area (Å²) in [5.74, 6) is 0. The van der Waals surface area contributed by atoms with Gasteiger partial charge in [0.1, 0.15) is 0 Å². The first-order chi connectivity index (χ1) is 4.66. The topological polar surface area (TPSA) is 20.2 Å². The molecule has 0 aliphatic heterocycles. The van der Waals surface area contributed by atoms with E-state index in [1.807, 2.05) is 0 Å². The molecule has 0 heterocycles. The Morgan fingerprint density at radius 1 is 1.70 bits per heavy atom. The summed E-state index contributed by atoms with van der Waals surface area (Å²) < 4.78 is 0.885.